The van der Waals surface area contributed by atoms with Crippen molar-refractivity contribution in [1.29, 1.82) is 0 Å². The average molecular weight is 343 g/mol. The number of carbonyl (C=O) groups excluding carboxylic acids is 1. The van der Waals surface area contributed by atoms with Gasteiger partial charge in [-0.2, -0.15) is 0 Å². The van der Waals surface area contributed by atoms with Crippen molar-refractivity contribution in [3.05, 3.63) is 29.8 Å². The van der Waals surface area contributed by atoms with Crippen LogP contribution in [0.25, 0.3) is 0 Å². The maximum absolute atomic E-state index is 12.0. The minimum Gasteiger partial charge on any atom is -0.507 e. The van der Waals surface area contributed by atoms with Crippen LogP contribution in [0.1, 0.15) is 23.7 Å². The Morgan fingerprint density at radius 3 is 2.58 bits per heavy atom. The molecule has 1 aromatic carbocycles. The number of aromatic hydroxyl groups is 1. The second-order valence-corrected chi connectivity index (χ2v) is 7.36. The van der Waals surface area contributed by atoms with Gasteiger partial charge in [-0.1, -0.05) is 53.9 Å². The summed E-state index contributed by atoms with van der Waals surface area (Å²) in [5, 5.41) is 11.5. The van der Waals surface area contributed by atoms with Crippen LogP contribution in [0.2, 0.25) is 0 Å². The number of phenols is 1. The Hall–Kier alpha value is -0.290. The highest BCUT2D eigenvalue weighted by atomic mass is 35.6. The number of hydrogen-bond acceptors (Lipinski definition) is 3. The second-order valence-electron chi connectivity index (χ2n) is 3.78. The van der Waals surface area contributed by atoms with Crippen molar-refractivity contribution in [2.75, 3.05) is 5.75 Å². The third-order valence-electron chi connectivity index (χ3n) is 2.20. The molecule has 1 aromatic rings. The monoisotopic (exact) mass is 341 g/mol. The summed E-state index contributed by atoms with van der Waals surface area (Å²) < 4.78 is -1.61. The number of halogens is 3. The Labute approximate surface area is 131 Å². The van der Waals surface area contributed by atoms with Gasteiger partial charge in [0.15, 0.2) is 0 Å². The molecule has 1 atom stereocenters. The van der Waals surface area contributed by atoms with Crippen LogP contribution in [0.5, 0.6) is 5.75 Å². The summed E-state index contributed by atoms with van der Waals surface area (Å²) in [6, 6.07) is 6.21. The molecule has 0 bridgehead atoms. The predicted octanol–water partition coefficient (Wildman–Crippen LogP) is 3.96. The first-order chi connectivity index (χ1) is 8.86. The van der Waals surface area contributed by atoms with Gasteiger partial charge in [0.2, 0.25) is 3.79 Å². The maximum Gasteiger partial charge on any atom is 0.256 e. The molecule has 1 amide bonds. The highest BCUT2D eigenvalue weighted by molar-refractivity contribution is 8.00. The predicted molar refractivity (Wildman–Crippen MR) is 82.4 cm³/mol. The molecule has 0 spiro atoms. The van der Waals surface area contributed by atoms with Crippen molar-refractivity contribution in [3.63, 3.8) is 0 Å². The maximum atomic E-state index is 12.0. The lowest BCUT2D eigenvalue weighted by Crippen LogP contribution is -2.41. The van der Waals surface area contributed by atoms with E-state index in [0.717, 1.165) is 12.2 Å². The molecular formula is C12H14Cl3NO2S. The van der Waals surface area contributed by atoms with E-state index in [-0.39, 0.29) is 11.3 Å². The first-order valence-electron chi connectivity index (χ1n) is 5.63. The lowest BCUT2D eigenvalue weighted by Gasteiger charge is -2.25. The van der Waals surface area contributed by atoms with Crippen LogP contribution in [-0.4, -0.2) is 25.9 Å². The number of benzene rings is 1. The van der Waals surface area contributed by atoms with Crippen molar-refractivity contribution in [2.45, 2.75) is 22.5 Å². The number of thioether (sulfide) groups is 1. The van der Waals surface area contributed by atoms with Gasteiger partial charge in [-0.3, -0.25) is 4.79 Å². The molecule has 0 aliphatic heterocycles. The average Bonchev–Trinajstić information content (AvgIpc) is 2.33. The summed E-state index contributed by atoms with van der Waals surface area (Å²) in [6.45, 7) is 1.99. The summed E-state index contributed by atoms with van der Waals surface area (Å²) in [7, 11) is 0. The molecule has 0 aromatic heterocycles. The van der Waals surface area contributed by atoms with Gasteiger partial charge in [-0.05, 0) is 24.3 Å². The van der Waals surface area contributed by atoms with Gasteiger partial charge in [-0.25, -0.2) is 0 Å². The van der Waals surface area contributed by atoms with Crippen LogP contribution in [0.15, 0.2) is 24.3 Å². The third-order valence-corrected chi connectivity index (χ3v) is 4.69. The molecule has 1 unspecified atom stereocenters. The standard InChI is InChI=1S/C12H14Cl3NO2S/c1-2-7-19-11(12(13,14)15)16-10(18)8-5-3-4-6-9(8)17/h3-6,11,17H,2,7H2,1H3,(H,16,18). The van der Waals surface area contributed by atoms with Crippen molar-refractivity contribution >= 4 is 52.5 Å². The molecule has 0 saturated carbocycles. The molecule has 0 aliphatic rings. The van der Waals surface area contributed by atoms with Crippen molar-refractivity contribution in [3.8, 4) is 5.75 Å². The number of hydrogen-bond donors (Lipinski definition) is 2. The van der Waals surface area contributed by atoms with E-state index in [2.05, 4.69) is 5.32 Å². The number of amides is 1. The Morgan fingerprint density at radius 2 is 2.05 bits per heavy atom. The first-order valence-corrected chi connectivity index (χ1v) is 7.81. The van der Waals surface area contributed by atoms with Crippen molar-refractivity contribution in [2.24, 2.45) is 0 Å². The van der Waals surface area contributed by atoms with Crippen LogP contribution in [-0.2, 0) is 0 Å². The highest BCUT2D eigenvalue weighted by Crippen LogP contribution is 2.36. The zero-order valence-electron chi connectivity index (χ0n) is 10.2. The minimum absolute atomic E-state index is 0.108. The van der Waals surface area contributed by atoms with Gasteiger partial charge in [0, 0.05) is 0 Å². The Balaban J connectivity index is 2.79. The van der Waals surface area contributed by atoms with Crippen molar-refractivity contribution in [1.82, 2.24) is 5.32 Å². The molecule has 0 saturated heterocycles. The van der Waals surface area contributed by atoms with E-state index in [1.165, 1.54) is 23.9 Å². The third kappa shape index (κ3) is 5.30. The molecule has 0 heterocycles. The highest BCUT2D eigenvalue weighted by Gasteiger charge is 2.34. The Kier molecular flexibility index (Phi) is 6.60. The number of para-hydroxylation sites is 1. The van der Waals surface area contributed by atoms with Gasteiger partial charge >= 0.3 is 0 Å². The smallest absolute Gasteiger partial charge is 0.256 e. The van der Waals surface area contributed by atoms with Crippen LogP contribution in [0.4, 0.5) is 0 Å². The van der Waals surface area contributed by atoms with Gasteiger partial charge in [0.05, 0.1) is 5.56 Å². The molecular weight excluding hydrogens is 329 g/mol. The summed E-state index contributed by atoms with van der Waals surface area (Å²) in [5.41, 5.74) is 0.152. The second kappa shape index (κ2) is 7.48. The fourth-order valence-corrected chi connectivity index (χ4v) is 2.90. The summed E-state index contributed by atoms with van der Waals surface area (Å²) >= 11 is 18.9. The Bertz CT molecular complexity index is 437. The zero-order valence-corrected chi connectivity index (χ0v) is 13.3. The summed E-state index contributed by atoms with van der Waals surface area (Å²) in [5.74, 6) is 0.168. The van der Waals surface area contributed by atoms with E-state index in [0.29, 0.717) is 0 Å². The normalized spacial score (nSPS) is 13.1. The van der Waals surface area contributed by atoms with Crippen molar-refractivity contribution < 1.29 is 9.90 Å². The molecule has 106 valence electrons. The van der Waals surface area contributed by atoms with E-state index in [9.17, 15) is 9.90 Å². The van der Waals surface area contributed by atoms with Crippen LogP contribution < -0.4 is 5.32 Å². The first kappa shape index (κ1) is 16.8. The van der Waals surface area contributed by atoms with E-state index in [1.807, 2.05) is 6.92 Å². The molecule has 1 rings (SSSR count). The topological polar surface area (TPSA) is 49.3 Å². The Morgan fingerprint density at radius 1 is 1.42 bits per heavy atom. The lowest BCUT2D eigenvalue weighted by molar-refractivity contribution is 0.0947. The largest absolute Gasteiger partial charge is 0.507 e. The SMILES string of the molecule is CCCSC(NC(=O)c1ccccc1O)C(Cl)(Cl)Cl. The number of alkyl halides is 3. The van der Waals surface area contributed by atoms with E-state index >= 15 is 0 Å². The van der Waals surface area contributed by atoms with Crippen LogP contribution in [0, 0.1) is 0 Å². The number of phenolic OH excluding ortho intramolecular Hbond substituents is 1. The van der Waals surface area contributed by atoms with Gasteiger partial charge < -0.3 is 10.4 Å². The van der Waals surface area contributed by atoms with Crippen LogP contribution >= 0.6 is 46.6 Å². The number of nitrogens with one attached hydrogen (secondary N) is 1. The molecule has 0 aliphatic carbocycles. The van der Waals surface area contributed by atoms with E-state index in [4.69, 9.17) is 34.8 Å². The molecule has 0 radical (unpaired) electrons. The lowest BCUT2D eigenvalue weighted by atomic mass is 10.2. The van der Waals surface area contributed by atoms with Gasteiger partial charge in [0.25, 0.3) is 5.91 Å². The number of rotatable bonds is 5. The fraction of sp³-hybridized carbons (Fsp3) is 0.417. The molecule has 2 N–H and O–H groups in total. The zero-order chi connectivity index (χ0) is 14.5. The number of carbonyl (C=O) groups is 1. The molecule has 0 fully saturated rings. The summed E-state index contributed by atoms with van der Waals surface area (Å²) in [6.07, 6.45) is 0.897. The van der Waals surface area contributed by atoms with E-state index < -0.39 is 15.1 Å². The fourth-order valence-electron chi connectivity index (χ4n) is 1.32. The minimum atomic E-state index is -1.61. The van der Waals surface area contributed by atoms with Crippen LogP contribution in [0.3, 0.4) is 0 Å². The molecule has 19 heavy (non-hydrogen) atoms. The molecule has 7 heteroatoms. The van der Waals surface area contributed by atoms with Gasteiger partial charge in [0.1, 0.15) is 11.1 Å². The van der Waals surface area contributed by atoms with Gasteiger partial charge in [-0.15, -0.1) is 11.8 Å². The quantitative estimate of drug-likeness (QED) is 0.629. The summed E-state index contributed by atoms with van der Waals surface area (Å²) in [4.78, 5) is 12.0. The molecule has 3 nitrogen and oxygen atoms in total. The van der Waals surface area contributed by atoms with E-state index in [1.54, 1.807) is 12.1 Å².